The predicted molar refractivity (Wildman–Crippen MR) is 139 cm³/mol. The molecule has 0 saturated carbocycles. The molecule has 0 aliphatic heterocycles. The monoisotopic (exact) mass is 542 g/mol. The molecule has 3 aromatic rings. The molecule has 0 spiro atoms. The van der Waals surface area contributed by atoms with Gasteiger partial charge in [-0.25, -0.2) is 22.7 Å². The Kier molecular flexibility index (Phi) is 8.56. The lowest BCUT2D eigenvalue weighted by atomic mass is 10.1. The van der Waals surface area contributed by atoms with Crippen LogP contribution in [0.3, 0.4) is 0 Å². The number of imide groups is 1. The summed E-state index contributed by atoms with van der Waals surface area (Å²) in [5.74, 6) is -0.776. The second-order valence-corrected chi connectivity index (χ2v) is 11.5. The van der Waals surface area contributed by atoms with Crippen LogP contribution >= 0.6 is 0 Å². The minimum atomic E-state index is -3.36. The third-order valence-corrected chi connectivity index (χ3v) is 6.17. The number of aromatic nitrogens is 2. The van der Waals surface area contributed by atoms with Crippen molar-refractivity contribution in [3.8, 4) is 16.9 Å². The maximum atomic E-state index is 12.2. The Morgan fingerprint density at radius 2 is 1.63 bits per heavy atom. The SMILES string of the molecule is C[C@@H](NC(=O)OC(C)(C)C)C(=O)NC(=O)OCc1cc(-c2ccccc2)n(-c2ccc(S(C)(=O)=O)cc2)n1. The molecule has 12 heteroatoms. The standard InChI is InChI=1S/C26H30N4O7S/c1-17(27-25(33)37-26(2,3)4)23(31)28-24(32)36-16-19-15-22(18-9-7-6-8-10-18)30(29-19)20-11-13-21(14-12-20)38(5,34)35/h6-15,17H,16H2,1-5H3,(H,27,33)(H,28,31,32)/t17-/m1/s1. The van der Waals surface area contributed by atoms with E-state index in [4.69, 9.17) is 9.47 Å². The lowest BCUT2D eigenvalue weighted by molar-refractivity contribution is -0.122. The van der Waals surface area contributed by atoms with Crippen LogP contribution in [0.25, 0.3) is 16.9 Å². The van der Waals surface area contributed by atoms with Crippen LogP contribution in [0, 0.1) is 0 Å². The van der Waals surface area contributed by atoms with Gasteiger partial charge in [0.25, 0.3) is 5.91 Å². The van der Waals surface area contributed by atoms with Crippen molar-refractivity contribution in [3.05, 3.63) is 66.4 Å². The summed E-state index contributed by atoms with van der Waals surface area (Å²) >= 11 is 0. The Morgan fingerprint density at radius 1 is 1.00 bits per heavy atom. The highest BCUT2D eigenvalue weighted by atomic mass is 32.2. The highest BCUT2D eigenvalue weighted by molar-refractivity contribution is 7.90. The molecule has 0 saturated heterocycles. The number of carbonyl (C=O) groups is 3. The molecule has 38 heavy (non-hydrogen) atoms. The first-order valence-electron chi connectivity index (χ1n) is 11.6. The predicted octanol–water partition coefficient (Wildman–Crippen LogP) is 3.61. The fourth-order valence-electron chi connectivity index (χ4n) is 3.28. The van der Waals surface area contributed by atoms with Crippen LogP contribution in [0.1, 0.15) is 33.4 Å². The first-order valence-corrected chi connectivity index (χ1v) is 13.5. The summed E-state index contributed by atoms with van der Waals surface area (Å²) < 4.78 is 35.5. The minimum Gasteiger partial charge on any atom is -0.444 e. The maximum Gasteiger partial charge on any atom is 0.414 e. The van der Waals surface area contributed by atoms with Gasteiger partial charge in [0.2, 0.25) is 0 Å². The molecule has 2 N–H and O–H groups in total. The number of nitrogens with one attached hydrogen (secondary N) is 2. The molecule has 1 atom stereocenters. The van der Waals surface area contributed by atoms with E-state index in [0.717, 1.165) is 11.8 Å². The van der Waals surface area contributed by atoms with E-state index < -0.39 is 39.6 Å². The molecular weight excluding hydrogens is 512 g/mol. The van der Waals surface area contributed by atoms with E-state index in [2.05, 4.69) is 15.7 Å². The van der Waals surface area contributed by atoms with Crippen LogP contribution in [0.4, 0.5) is 9.59 Å². The Morgan fingerprint density at radius 3 is 2.21 bits per heavy atom. The molecule has 0 fully saturated rings. The third kappa shape index (κ3) is 7.90. The zero-order valence-electron chi connectivity index (χ0n) is 21.7. The van der Waals surface area contributed by atoms with Gasteiger partial charge in [-0.2, -0.15) is 5.10 Å². The third-order valence-electron chi connectivity index (χ3n) is 5.04. The molecule has 3 rings (SSSR count). The number of sulfone groups is 1. The Balaban J connectivity index is 1.71. The summed E-state index contributed by atoms with van der Waals surface area (Å²) in [5, 5.41) is 8.91. The molecule has 0 radical (unpaired) electrons. The molecule has 0 unspecified atom stereocenters. The van der Waals surface area contributed by atoms with Gasteiger partial charge in [0, 0.05) is 11.8 Å². The number of hydrogen-bond donors (Lipinski definition) is 2. The summed E-state index contributed by atoms with van der Waals surface area (Å²) in [5.41, 5.74) is 1.77. The fourth-order valence-corrected chi connectivity index (χ4v) is 3.91. The lowest BCUT2D eigenvalue weighted by Gasteiger charge is -2.21. The zero-order valence-corrected chi connectivity index (χ0v) is 22.5. The van der Waals surface area contributed by atoms with Gasteiger partial charge in [-0.15, -0.1) is 0 Å². The van der Waals surface area contributed by atoms with Crippen molar-refractivity contribution < 1.29 is 32.3 Å². The summed E-state index contributed by atoms with van der Waals surface area (Å²) in [6.45, 7) is 6.20. The molecule has 0 aliphatic rings. The molecule has 3 amide bonds. The van der Waals surface area contributed by atoms with E-state index in [9.17, 15) is 22.8 Å². The van der Waals surface area contributed by atoms with E-state index in [-0.39, 0.29) is 11.5 Å². The number of hydrogen-bond acceptors (Lipinski definition) is 8. The number of amides is 3. The summed E-state index contributed by atoms with van der Waals surface area (Å²) in [4.78, 5) is 36.5. The number of alkyl carbamates (subject to hydrolysis) is 2. The van der Waals surface area contributed by atoms with Crippen LogP contribution in [0.2, 0.25) is 0 Å². The second-order valence-electron chi connectivity index (χ2n) is 9.50. The van der Waals surface area contributed by atoms with Gasteiger partial charge in [-0.05, 0) is 58.0 Å². The Labute approximate surface area is 221 Å². The van der Waals surface area contributed by atoms with Gasteiger partial charge >= 0.3 is 12.2 Å². The fraction of sp³-hybridized carbons (Fsp3) is 0.308. The molecule has 1 heterocycles. The highest BCUT2D eigenvalue weighted by Crippen LogP contribution is 2.25. The van der Waals surface area contributed by atoms with Gasteiger partial charge < -0.3 is 14.8 Å². The van der Waals surface area contributed by atoms with Crippen LogP contribution < -0.4 is 10.6 Å². The van der Waals surface area contributed by atoms with Crippen molar-refractivity contribution in [1.29, 1.82) is 0 Å². The number of nitrogens with zero attached hydrogens (tertiary/aromatic N) is 2. The second kappa shape index (κ2) is 11.5. The van der Waals surface area contributed by atoms with E-state index in [1.807, 2.05) is 30.3 Å². The Hall–Kier alpha value is -4.19. The van der Waals surface area contributed by atoms with Crippen LogP contribution in [-0.2, 0) is 30.7 Å². The molecule has 0 aliphatic carbocycles. The Bertz CT molecular complexity index is 1410. The van der Waals surface area contributed by atoms with Crippen molar-refractivity contribution in [1.82, 2.24) is 20.4 Å². The highest BCUT2D eigenvalue weighted by Gasteiger charge is 2.23. The van der Waals surface area contributed by atoms with Gasteiger partial charge in [0.15, 0.2) is 9.84 Å². The molecule has 11 nitrogen and oxygen atoms in total. The van der Waals surface area contributed by atoms with Crippen LogP contribution in [0.15, 0.2) is 65.6 Å². The zero-order chi connectivity index (χ0) is 28.1. The van der Waals surface area contributed by atoms with Gasteiger partial charge in [0.05, 0.1) is 16.3 Å². The number of carbonyl (C=O) groups excluding carboxylic acids is 3. The van der Waals surface area contributed by atoms with Crippen molar-refractivity contribution in [2.45, 2.75) is 50.8 Å². The van der Waals surface area contributed by atoms with Crippen molar-refractivity contribution in [2.75, 3.05) is 6.26 Å². The summed E-state index contributed by atoms with van der Waals surface area (Å²) in [6.07, 6.45) is -0.677. The number of ether oxygens (including phenoxy) is 2. The molecule has 1 aromatic heterocycles. The van der Waals surface area contributed by atoms with E-state index in [1.54, 1.807) is 43.7 Å². The van der Waals surface area contributed by atoms with Crippen molar-refractivity contribution >= 4 is 27.9 Å². The number of rotatable bonds is 7. The quantitative estimate of drug-likeness (QED) is 0.460. The van der Waals surface area contributed by atoms with E-state index >= 15 is 0 Å². The van der Waals surface area contributed by atoms with E-state index in [0.29, 0.717) is 17.1 Å². The smallest absolute Gasteiger partial charge is 0.414 e. The average Bonchev–Trinajstić information content (AvgIpc) is 3.26. The first kappa shape index (κ1) is 28.4. The van der Waals surface area contributed by atoms with Crippen LogP contribution in [0.5, 0.6) is 0 Å². The minimum absolute atomic E-state index is 0.176. The molecule has 0 bridgehead atoms. The summed E-state index contributed by atoms with van der Waals surface area (Å²) in [6, 6.07) is 16.3. The van der Waals surface area contributed by atoms with Crippen molar-refractivity contribution in [2.24, 2.45) is 0 Å². The van der Waals surface area contributed by atoms with Gasteiger partial charge in [-0.3, -0.25) is 10.1 Å². The van der Waals surface area contributed by atoms with E-state index in [1.165, 1.54) is 19.1 Å². The summed E-state index contributed by atoms with van der Waals surface area (Å²) in [7, 11) is -3.36. The molecule has 2 aromatic carbocycles. The first-order chi connectivity index (χ1) is 17.7. The average molecular weight is 543 g/mol. The topological polar surface area (TPSA) is 146 Å². The van der Waals surface area contributed by atoms with Gasteiger partial charge in [0.1, 0.15) is 23.9 Å². The maximum absolute atomic E-state index is 12.2. The van der Waals surface area contributed by atoms with Gasteiger partial charge in [-0.1, -0.05) is 30.3 Å². The molecular formula is C26H30N4O7S. The lowest BCUT2D eigenvalue weighted by Crippen LogP contribution is -2.48. The normalized spacial score (nSPS) is 12.3. The largest absolute Gasteiger partial charge is 0.444 e. The van der Waals surface area contributed by atoms with Crippen LogP contribution in [-0.4, -0.2) is 54.2 Å². The van der Waals surface area contributed by atoms with Crippen molar-refractivity contribution in [3.63, 3.8) is 0 Å². The number of benzene rings is 2. The molecule has 202 valence electrons.